The maximum absolute atomic E-state index is 13.5. The minimum absolute atomic E-state index is 0.0791. The number of methoxy groups -OCH3 is 3. The molecule has 0 spiro atoms. The van der Waals surface area contributed by atoms with Crippen LogP contribution in [0.15, 0.2) is 53.5 Å². The van der Waals surface area contributed by atoms with Gasteiger partial charge < -0.3 is 30.2 Å². The highest BCUT2D eigenvalue weighted by atomic mass is 16.5. The Morgan fingerprint density at radius 1 is 1.00 bits per heavy atom. The number of nitrogens with one attached hydrogen (secondary N) is 3. The Labute approximate surface area is 261 Å². The molecule has 1 aliphatic rings. The minimum atomic E-state index is -0.390. The van der Waals surface area contributed by atoms with Crippen molar-refractivity contribution in [3.8, 4) is 28.4 Å². The molecule has 236 valence electrons. The molecule has 1 unspecified atom stereocenters. The van der Waals surface area contributed by atoms with Gasteiger partial charge in [0.25, 0.3) is 0 Å². The summed E-state index contributed by atoms with van der Waals surface area (Å²) >= 11 is 0. The summed E-state index contributed by atoms with van der Waals surface area (Å²) in [6, 6.07) is 12.4. The largest absolute Gasteiger partial charge is 0.493 e. The highest BCUT2D eigenvalue weighted by Gasteiger charge is 2.29. The third kappa shape index (κ3) is 6.84. The Bertz CT molecular complexity index is 1770. The predicted molar refractivity (Wildman–Crippen MR) is 170 cm³/mol. The van der Waals surface area contributed by atoms with Crippen LogP contribution >= 0.6 is 0 Å². The quantitative estimate of drug-likeness (QED) is 0.204. The smallest absolute Gasteiger partial charge is 0.220 e. The summed E-state index contributed by atoms with van der Waals surface area (Å²) in [5.41, 5.74) is 4.12. The van der Waals surface area contributed by atoms with E-state index in [4.69, 9.17) is 14.2 Å². The van der Waals surface area contributed by atoms with Gasteiger partial charge >= 0.3 is 0 Å². The van der Waals surface area contributed by atoms with E-state index < -0.39 is 0 Å². The molecule has 2 aromatic heterocycles. The van der Waals surface area contributed by atoms with E-state index in [1.165, 1.54) is 6.92 Å². The van der Waals surface area contributed by atoms with Crippen LogP contribution in [0.3, 0.4) is 0 Å². The molecule has 2 aromatic carbocycles. The summed E-state index contributed by atoms with van der Waals surface area (Å²) in [6.07, 6.45) is 4.48. The van der Waals surface area contributed by atoms with Crippen LogP contribution in [0, 0.1) is 0 Å². The zero-order valence-corrected chi connectivity index (χ0v) is 25.9. The second kappa shape index (κ2) is 14.1. The van der Waals surface area contributed by atoms with Crippen molar-refractivity contribution in [1.29, 1.82) is 0 Å². The second-order valence-corrected chi connectivity index (χ2v) is 10.8. The molecule has 12 heteroatoms. The number of anilines is 1. The van der Waals surface area contributed by atoms with Gasteiger partial charge in [-0.2, -0.15) is 0 Å². The lowest BCUT2D eigenvalue weighted by Gasteiger charge is -2.19. The van der Waals surface area contributed by atoms with Crippen LogP contribution in [0.1, 0.15) is 49.2 Å². The van der Waals surface area contributed by atoms with Gasteiger partial charge in [0.15, 0.2) is 17.1 Å². The normalized spacial score (nSPS) is 13.6. The van der Waals surface area contributed by atoms with Crippen LogP contribution in [0.25, 0.3) is 16.8 Å². The monoisotopic (exact) mass is 614 g/mol. The standard InChI is InChI=1S/C33H38N6O6/c1-20(40)36-24-12-10-21-18-27(43-2)32(44-3)33(45-4)31(21)22-11-13-25(26(41)19-23(22)24)34-15-7-9-30(42)35-16-14-29-38-37-28-8-5-6-17-39(28)29/h5-6,8,11,13,17-19,24H,7,9-10,12,14-16H2,1-4H3,(H,34,41)(H,35,42)(H,36,40). The van der Waals surface area contributed by atoms with Gasteiger partial charge in [-0.05, 0) is 66.3 Å². The molecule has 2 heterocycles. The fraction of sp³-hybridized carbons (Fsp3) is 0.364. The number of fused-ring (bicyclic) bond motifs is 4. The number of ether oxygens (including phenoxy) is 3. The number of nitrogens with zero attached hydrogens (tertiary/aromatic N) is 3. The van der Waals surface area contributed by atoms with E-state index in [-0.39, 0.29) is 23.3 Å². The van der Waals surface area contributed by atoms with Crippen molar-refractivity contribution in [3.05, 3.63) is 75.8 Å². The van der Waals surface area contributed by atoms with Gasteiger partial charge in [0.1, 0.15) is 5.82 Å². The van der Waals surface area contributed by atoms with Gasteiger partial charge in [0.2, 0.25) is 23.0 Å². The summed E-state index contributed by atoms with van der Waals surface area (Å²) in [5, 5.41) is 17.5. The van der Waals surface area contributed by atoms with Gasteiger partial charge in [-0.25, -0.2) is 0 Å². The van der Waals surface area contributed by atoms with Gasteiger partial charge in [0, 0.05) is 44.6 Å². The molecule has 4 aromatic rings. The minimum Gasteiger partial charge on any atom is -0.493 e. The van der Waals surface area contributed by atoms with Gasteiger partial charge in [-0.3, -0.25) is 18.8 Å². The Morgan fingerprint density at radius 3 is 2.58 bits per heavy atom. The summed E-state index contributed by atoms with van der Waals surface area (Å²) in [5.74, 6) is 1.99. The van der Waals surface area contributed by atoms with Crippen LogP contribution in [0.2, 0.25) is 0 Å². The number of carbonyl (C=O) groups is 2. The van der Waals surface area contributed by atoms with E-state index in [9.17, 15) is 14.4 Å². The first-order chi connectivity index (χ1) is 21.8. The fourth-order valence-electron chi connectivity index (χ4n) is 5.79. The predicted octanol–water partition coefficient (Wildman–Crippen LogP) is 3.46. The van der Waals surface area contributed by atoms with E-state index in [0.29, 0.717) is 73.7 Å². The third-order valence-corrected chi connectivity index (χ3v) is 7.87. The number of pyridine rings is 1. The number of carbonyl (C=O) groups excluding carboxylic acids is 2. The molecule has 0 fully saturated rings. The molecule has 5 rings (SSSR count). The van der Waals surface area contributed by atoms with Gasteiger partial charge in [-0.1, -0.05) is 12.1 Å². The van der Waals surface area contributed by atoms with E-state index in [1.54, 1.807) is 33.5 Å². The van der Waals surface area contributed by atoms with E-state index in [2.05, 4.69) is 26.1 Å². The van der Waals surface area contributed by atoms with Gasteiger partial charge in [0.05, 0.1) is 33.1 Å². The maximum Gasteiger partial charge on any atom is 0.220 e. The molecule has 1 aliphatic carbocycles. The van der Waals surface area contributed by atoms with Crippen molar-refractivity contribution in [2.75, 3.05) is 39.7 Å². The second-order valence-electron chi connectivity index (χ2n) is 10.8. The number of hydrogen-bond donors (Lipinski definition) is 3. The van der Waals surface area contributed by atoms with Crippen molar-refractivity contribution in [1.82, 2.24) is 25.2 Å². The number of hydrogen-bond acceptors (Lipinski definition) is 9. The first kappa shape index (κ1) is 31.3. The topological polar surface area (TPSA) is 145 Å². The molecule has 0 saturated heterocycles. The third-order valence-electron chi connectivity index (χ3n) is 7.87. The zero-order valence-electron chi connectivity index (χ0n) is 25.9. The highest BCUT2D eigenvalue weighted by Crippen LogP contribution is 2.50. The maximum atomic E-state index is 13.5. The van der Waals surface area contributed by atoms with E-state index in [1.807, 2.05) is 40.9 Å². The number of aromatic nitrogens is 3. The average Bonchev–Trinajstić information content (AvgIpc) is 3.30. The molecule has 2 amide bonds. The Hall–Kier alpha value is -5.13. The van der Waals surface area contributed by atoms with Crippen molar-refractivity contribution in [3.63, 3.8) is 0 Å². The molecule has 45 heavy (non-hydrogen) atoms. The molecule has 1 atom stereocenters. The molecule has 12 nitrogen and oxygen atoms in total. The number of benzene rings is 1. The van der Waals surface area contributed by atoms with Gasteiger partial charge in [-0.15, -0.1) is 10.2 Å². The Kier molecular flexibility index (Phi) is 9.81. The summed E-state index contributed by atoms with van der Waals surface area (Å²) < 4.78 is 19.0. The Balaban J connectivity index is 1.30. The van der Waals surface area contributed by atoms with Crippen LogP contribution in [0.5, 0.6) is 17.2 Å². The molecule has 0 radical (unpaired) electrons. The first-order valence-electron chi connectivity index (χ1n) is 14.9. The number of amides is 2. The van der Waals surface area contributed by atoms with Crippen LogP contribution in [0.4, 0.5) is 5.69 Å². The lowest BCUT2D eigenvalue weighted by molar-refractivity contribution is -0.121. The van der Waals surface area contributed by atoms with Crippen LogP contribution < -0.4 is 35.6 Å². The SMILES string of the molecule is COc1cc2c(c(OC)c1OC)-c1ccc(NCCCC(=O)NCCc3nnc4ccccn34)c(=O)cc1C(NC(C)=O)CC2. The van der Waals surface area contributed by atoms with Crippen molar-refractivity contribution in [2.24, 2.45) is 0 Å². The molecule has 0 saturated carbocycles. The van der Waals surface area contributed by atoms with Crippen molar-refractivity contribution >= 4 is 23.1 Å². The average molecular weight is 615 g/mol. The van der Waals surface area contributed by atoms with E-state index in [0.717, 1.165) is 28.2 Å². The lowest BCUT2D eigenvalue weighted by atomic mass is 9.95. The summed E-state index contributed by atoms with van der Waals surface area (Å²) in [4.78, 5) is 38.1. The van der Waals surface area contributed by atoms with E-state index >= 15 is 0 Å². The highest BCUT2D eigenvalue weighted by molar-refractivity contribution is 5.84. The summed E-state index contributed by atoms with van der Waals surface area (Å²) in [6.45, 7) is 2.33. The Morgan fingerprint density at radius 2 is 1.82 bits per heavy atom. The molecule has 3 N–H and O–H groups in total. The summed E-state index contributed by atoms with van der Waals surface area (Å²) in [7, 11) is 4.68. The zero-order chi connectivity index (χ0) is 31.9. The number of aryl methyl sites for hydroxylation is 1. The van der Waals surface area contributed by atoms with Crippen molar-refractivity contribution in [2.45, 2.75) is 45.1 Å². The number of rotatable bonds is 12. The van der Waals surface area contributed by atoms with Crippen LogP contribution in [-0.4, -0.2) is 60.8 Å². The van der Waals surface area contributed by atoms with Crippen molar-refractivity contribution < 1.29 is 23.8 Å². The fourth-order valence-corrected chi connectivity index (χ4v) is 5.79. The van der Waals surface area contributed by atoms with Crippen LogP contribution in [-0.2, 0) is 22.4 Å². The lowest BCUT2D eigenvalue weighted by Crippen LogP contribution is -2.27. The molecular weight excluding hydrogens is 576 g/mol. The first-order valence-corrected chi connectivity index (χ1v) is 14.9. The molecular formula is C33H38N6O6. The molecule has 0 aliphatic heterocycles. The molecule has 0 bridgehead atoms.